The van der Waals surface area contributed by atoms with E-state index in [0.29, 0.717) is 23.0 Å². The Bertz CT molecular complexity index is 938. The molecule has 1 aliphatic heterocycles. The first-order valence-electron chi connectivity index (χ1n) is 8.68. The molecule has 2 aromatic carbocycles. The van der Waals surface area contributed by atoms with Crippen LogP contribution in [-0.2, 0) is 20.6 Å². The lowest BCUT2D eigenvalue weighted by Gasteiger charge is -2.34. The number of rotatable bonds is 7. The fraction of sp³-hybridized carbons (Fsp3) is 0.316. The third-order valence-corrected chi connectivity index (χ3v) is 6.55. The lowest BCUT2D eigenvalue weighted by Crippen LogP contribution is -2.50. The van der Waals surface area contributed by atoms with Gasteiger partial charge in [0.2, 0.25) is 10.0 Å². The molecule has 0 saturated heterocycles. The molecule has 0 saturated carbocycles. The van der Waals surface area contributed by atoms with Gasteiger partial charge in [-0.25, -0.2) is 8.42 Å². The van der Waals surface area contributed by atoms with E-state index in [1.165, 1.54) is 11.6 Å². The molecule has 0 aromatic heterocycles. The van der Waals surface area contributed by atoms with E-state index in [2.05, 4.69) is 17.4 Å². The molecule has 1 aliphatic rings. The third kappa shape index (κ3) is 5.33. The molecule has 0 aliphatic carbocycles. The van der Waals surface area contributed by atoms with Crippen molar-refractivity contribution in [2.75, 3.05) is 29.4 Å². The van der Waals surface area contributed by atoms with E-state index in [9.17, 15) is 13.2 Å². The SMILES string of the molecule is CS(=O)(=O)N1CC(C(=O)NCCSCc2ccccc2)Oc2ccc(Cl)cc21. The van der Waals surface area contributed by atoms with Gasteiger partial charge in [0.25, 0.3) is 5.91 Å². The van der Waals surface area contributed by atoms with Gasteiger partial charge >= 0.3 is 0 Å². The number of halogens is 1. The molecule has 1 N–H and O–H groups in total. The molecular formula is C19H21ClN2O4S2. The number of ether oxygens (including phenoxy) is 1. The van der Waals surface area contributed by atoms with Gasteiger partial charge < -0.3 is 10.1 Å². The van der Waals surface area contributed by atoms with Crippen molar-refractivity contribution in [2.24, 2.45) is 0 Å². The number of sulfonamides is 1. The number of carbonyl (C=O) groups is 1. The number of nitrogens with zero attached hydrogens (tertiary/aromatic N) is 1. The summed E-state index contributed by atoms with van der Waals surface area (Å²) in [6.45, 7) is 0.387. The summed E-state index contributed by atoms with van der Waals surface area (Å²) in [5.41, 5.74) is 1.57. The largest absolute Gasteiger partial charge is 0.476 e. The van der Waals surface area contributed by atoms with Crippen molar-refractivity contribution in [3.8, 4) is 5.75 Å². The number of hydrogen-bond donors (Lipinski definition) is 1. The van der Waals surface area contributed by atoms with E-state index in [1.807, 2.05) is 18.2 Å². The molecule has 9 heteroatoms. The lowest BCUT2D eigenvalue weighted by atomic mass is 10.2. The van der Waals surface area contributed by atoms with Gasteiger partial charge in [-0.2, -0.15) is 11.8 Å². The maximum atomic E-state index is 12.5. The van der Waals surface area contributed by atoms with Crippen molar-refractivity contribution in [1.29, 1.82) is 0 Å². The summed E-state index contributed by atoms with van der Waals surface area (Å²) in [5, 5.41) is 3.22. The predicted molar refractivity (Wildman–Crippen MR) is 114 cm³/mol. The van der Waals surface area contributed by atoms with Crippen LogP contribution in [0.5, 0.6) is 5.75 Å². The highest BCUT2D eigenvalue weighted by atomic mass is 35.5. The summed E-state index contributed by atoms with van der Waals surface area (Å²) >= 11 is 7.69. The molecular weight excluding hydrogens is 420 g/mol. The van der Waals surface area contributed by atoms with Crippen LogP contribution in [0.3, 0.4) is 0 Å². The Kier molecular flexibility index (Phi) is 6.74. The first kappa shape index (κ1) is 20.8. The number of anilines is 1. The number of nitrogens with one attached hydrogen (secondary N) is 1. The Morgan fingerprint density at radius 2 is 2.04 bits per heavy atom. The maximum absolute atomic E-state index is 12.5. The van der Waals surface area contributed by atoms with Gasteiger partial charge in [-0.3, -0.25) is 9.10 Å². The van der Waals surface area contributed by atoms with Gasteiger partial charge in [0.05, 0.1) is 18.5 Å². The van der Waals surface area contributed by atoms with Gasteiger partial charge in [-0.15, -0.1) is 0 Å². The molecule has 0 fully saturated rings. The zero-order valence-corrected chi connectivity index (χ0v) is 17.7. The molecule has 1 unspecified atom stereocenters. The number of amides is 1. The van der Waals surface area contributed by atoms with Crippen LogP contribution in [0.1, 0.15) is 5.56 Å². The van der Waals surface area contributed by atoms with Gasteiger partial charge in [0.15, 0.2) is 6.10 Å². The minimum absolute atomic E-state index is 0.0881. The Hall–Kier alpha value is -1.90. The van der Waals surface area contributed by atoms with Crippen molar-refractivity contribution >= 4 is 45.0 Å². The zero-order chi connectivity index (χ0) is 20.1. The normalized spacial score (nSPS) is 16.2. The summed E-state index contributed by atoms with van der Waals surface area (Å²) in [7, 11) is -3.57. The van der Waals surface area contributed by atoms with Crippen LogP contribution >= 0.6 is 23.4 Å². The van der Waals surface area contributed by atoms with Crippen LogP contribution in [0.15, 0.2) is 48.5 Å². The number of carbonyl (C=O) groups excluding carboxylic acids is 1. The van der Waals surface area contributed by atoms with Crippen LogP contribution in [0.2, 0.25) is 5.02 Å². The zero-order valence-electron chi connectivity index (χ0n) is 15.3. The van der Waals surface area contributed by atoms with Crippen LogP contribution in [0.25, 0.3) is 0 Å². The summed E-state index contributed by atoms with van der Waals surface area (Å²) in [5.74, 6) is 1.59. The predicted octanol–water partition coefficient (Wildman–Crippen LogP) is 2.92. The van der Waals surface area contributed by atoms with Crippen molar-refractivity contribution in [2.45, 2.75) is 11.9 Å². The highest BCUT2D eigenvalue weighted by molar-refractivity contribution is 7.98. The van der Waals surface area contributed by atoms with Gasteiger partial charge in [0.1, 0.15) is 5.75 Å². The first-order valence-corrected chi connectivity index (χ1v) is 12.1. The molecule has 3 rings (SSSR count). The van der Waals surface area contributed by atoms with Crippen LogP contribution < -0.4 is 14.4 Å². The molecule has 0 bridgehead atoms. The Balaban J connectivity index is 1.56. The monoisotopic (exact) mass is 440 g/mol. The van der Waals surface area contributed by atoms with E-state index < -0.39 is 16.1 Å². The number of fused-ring (bicyclic) bond motifs is 1. The van der Waals surface area contributed by atoms with Crippen LogP contribution in [-0.4, -0.2) is 45.5 Å². The second-order valence-electron chi connectivity index (χ2n) is 6.34. The van der Waals surface area contributed by atoms with Crippen molar-refractivity contribution in [3.63, 3.8) is 0 Å². The first-order chi connectivity index (χ1) is 13.3. The van der Waals surface area contributed by atoms with E-state index >= 15 is 0 Å². The van der Waals surface area contributed by atoms with E-state index in [1.54, 1.807) is 23.9 Å². The maximum Gasteiger partial charge on any atom is 0.263 e. The van der Waals surface area contributed by atoms with Crippen molar-refractivity contribution in [3.05, 3.63) is 59.1 Å². The van der Waals surface area contributed by atoms with Crippen molar-refractivity contribution < 1.29 is 17.9 Å². The third-order valence-electron chi connectivity index (χ3n) is 4.14. The highest BCUT2D eigenvalue weighted by Gasteiger charge is 2.35. The summed E-state index contributed by atoms with van der Waals surface area (Å²) in [6.07, 6.45) is 0.181. The average Bonchev–Trinajstić information content (AvgIpc) is 2.66. The van der Waals surface area contributed by atoms with E-state index in [0.717, 1.165) is 22.1 Å². The molecule has 6 nitrogen and oxygen atoms in total. The number of benzene rings is 2. The minimum Gasteiger partial charge on any atom is -0.476 e. The van der Waals surface area contributed by atoms with Crippen LogP contribution in [0.4, 0.5) is 5.69 Å². The molecule has 2 aromatic rings. The lowest BCUT2D eigenvalue weighted by molar-refractivity contribution is -0.127. The summed E-state index contributed by atoms with van der Waals surface area (Å²) in [6, 6.07) is 14.8. The molecule has 1 atom stereocenters. The molecule has 0 spiro atoms. The molecule has 0 radical (unpaired) electrons. The topological polar surface area (TPSA) is 75.7 Å². The minimum atomic E-state index is -3.57. The highest BCUT2D eigenvalue weighted by Crippen LogP contribution is 2.37. The smallest absolute Gasteiger partial charge is 0.263 e. The van der Waals surface area contributed by atoms with Gasteiger partial charge in [-0.05, 0) is 23.8 Å². The van der Waals surface area contributed by atoms with Gasteiger partial charge in [0, 0.05) is 23.1 Å². The summed E-state index contributed by atoms with van der Waals surface area (Å²) < 4.78 is 31.2. The quantitative estimate of drug-likeness (QED) is 0.670. The fourth-order valence-corrected chi connectivity index (χ4v) is 4.69. The van der Waals surface area contributed by atoms with Crippen molar-refractivity contribution in [1.82, 2.24) is 5.32 Å². The number of thioether (sulfide) groups is 1. The molecule has 150 valence electrons. The van der Waals surface area contributed by atoms with Gasteiger partial charge in [-0.1, -0.05) is 41.9 Å². The Morgan fingerprint density at radius 3 is 2.75 bits per heavy atom. The number of hydrogen-bond acceptors (Lipinski definition) is 5. The van der Waals surface area contributed by atoms with E-state index in [4.69, 9.17) is 16.3 Å². The fourth-order valence-electron chi connectivity index (χ4n) is 2.80. The molecule has 1 amide bonds. The standard InChI is InChI=1S/C19H21ClN2O4S2/c1-28(24,25)22-12-18(26-17-8-7-15(20)11-16(17)22)19(23)21-9-10-27-13-14-5-3-2-4-6-14/h2-8,11,18H,9-10,12-13H2,1H3,(H,21,23). The van der Waals surface area contributed by atoms with E-state index in [-0.39, 0.29) is 12.5 Å². The molecule has 28 heavy (non-hydrogen) atoms. The molecule has 1 heterocycles. The summed E-state index contributed by atoms with van der Waals surface area (Å²) in [4.78, 5) is 12.5. The second kappa shape index (κ2) is 9.07. The average molecular weight is 441 g/mol. The van der Waals surface area contributed by atoms with Crippen LogP contribution in [0, 0.1) is 0 Å². The second-order valence-corrected chi connectivity index (χ2v) is 9.79. The Labute approximate surface area is 174 Å². The Morgan fingerprint density at radius 1 is 1.29 bits per heavy atom.